The number of carboxylic acid groups (broad SMARTS) is 1. The van der Waals surface area contributed by atoms with E-state index >= 15 is 0 Å². The van der Waals surface area contributed by atoms with Gasteiger partial charge in [0, 0.05) is 10.7 Å². The second-order valence-electron chi connectivity index (χ2n) is 5.62. The molecular formula is C17H17ClN2O6S. The van der Waals surface area contributed by atoms with E-state index < -0.39 is 39.6 Å². The van der Waals surface area contributed by atoms with Gasteiger partial charge in [-0.3, -0.25) is 4.79 Å². The van der Waals surface area contributed by atoms with Crippen molar-refractivity contribution >= 4 is 39.0 Å². The Morgan fingerprint density at radius 1 is 1.07 bits per heavy atom. The van der Waals surface area contributed by atoms with Gasteiger partial charge in [-0.15, -0.1) is 0 Å². The van der Waals surface area contributed by atoms with Crippen LogP contribution in [0.4, 0.5) is 5.69 Å². The standard InChI is InChI=1S/C17H17ClN2O6S/c18-11-3-7-13(8-4-11)27(25,26)15(19)14(9-21)16(22)20-12-5-1-10(2-6-12)17(23)24/h1-8,14-15,21H,9,19H2,(H,20,22)(H,23,24). The number of hydrogen-bond acceptors (Lipinski definition) is 6. The van der Waals surface area contributed by atoms with Crippen molar-refractivity contribution in [3.05, 3.63) is 59.1 Å². The molecule has 8 nitrogen and oxygen atoms in total. The van der Waals surface area contributed by atoms with Gasteiger partial charge in [0.15, 0.2) is 9.84 Å². The van der Waals surface area contributed by atoms with Crippen LogP contribution in [0.1, 0.15) is 10.4 Å². The predicted molar refractivity (Wildman–Crippen MR) is 99.2 cm³/mol. The smallest absolute Gasteiger partial charge is 0.335 e. The van der Waals surface area contributed by atoms with E-state index in [-0.39, 0.29) is 16.1 Å². The Bertz CT molecular complexity index is 929. The van der Waals surface area contributed by atoms with Crippen molar-refractivity contribution in [2.75, 3.05) is 11.9 Å². The maximum Gasteiger partial charge on any atom is 0.335 e. The summed E-state index contributed by atoms with van der Waals surface area (Å²) < 4.78 is 25.2. The van der Waals surface area contributed by atoms with Gasteiger partial charge in [0.2, 0.25) is 5.91 Å². The zero-order valence-corrected chi connectivity index (χ0v) is 15.4. The van der Waals surface area contributed by atoms with Crippen LogP contribution < -0.4 is 11.1 Å². The quantitative estimate of drug-likeness (QED) is 0.536. The minimum absolute atomic E-state index is 0.0220. The number of nitrogens with two attached hydrogens (primary N) is 1. The molecule has 0 saturated heterocycles. The number of halogens is 1. The molecule has 0 bridgehead atoms. The lowest BCUT2D eigenvalue weighted by Crippen LogP contribution is -2.45. The molecule has 2 aromatic carbocycles. The molecule has 10 heteroatoms. The second-order valence-corrected chi connectivity index (χ2v) is 8.17. The number of amides is 1. The lowest BCUT2D eigenvalue weighted by molar-refractivity contribution is -0.121. The topological polar surface area (TPSA) is 147 Å². The third kappa shape index (κ3) is 4.83. The molecule has 2 rings (SSSR count). The van der Waals surface area contributed by atoms with Crippen molar-refractivity contribution in [1.29, 1.82) is 0 Å². The summed E-state index contributed by atoms with van der Waals surface area (Å²) in [4.78, 5) is 23.1. The molecule has 0 fully saturated rings. The first-order valence-electron chi connectivity index (χ1n) is 7.67. The number of nitrogens with one attached hydrogen (secondary N) is 1. The molecule has 27 heavy (non-hydrogen) atoms. The Morgan fingerprint density at radius 3 is 2.11 bits per heavy atom. The molecule has 2 atom stereocenters. The first-order chi connectivity index (χ1) is 12.7. The Morgan fingerprint density at radius 2 is 1.63 bits per heavy atom. The van der Waals surface area contributed by atoms with E-state index in [0.717, 1.165) is 0 Å². The molecule has 5 N–H and O–H groups in total. The molecule has 0 radical (unpaired) electrons. The van der Waals surface area contributed by atoms with Gasteiger partial charge >= 0.3 is 5.97 Å². The number of aliphatic hydroxyl groups excluding tert-OH is 1. The largest absolute Gasteiger partial charge is 0.478 e. The number of carbonyl (C=O) groups excluding carboxylic acids is 1. The van der Waals surface area contributed by atoms with Crippen LogP contribution in [0.2, 0.25) is 5.02 Å². The lowest BCUT2D eigenvalue weighted by atomic mass is 10.1. The van der Waals surface area contributed by atoms with E-state index in [1.54, 1.807) is 0 Å². The van der Waals surface area contributed by atoms with E-state index in [9.17, 15) is 23.1 Å². The van der Waals surface area contributed by atoms with Crippen molar-refractivity contribution in [2.24, 2.45) is 11.7 Å². The highest BCUT2D eigenvalue weighted by Crippen LogP contribution is 2.22. The van der Waals surface area contributed by atoms with Gasteiger partial charge in [-0.2, -0.15) is 0 Å². The fraction of sp³-hybridized carbons (Fsp3) is 0.176. The number of aliphatic hydroxyl groups is 1. The molecule has 2 aromatic rings. The van der Waals surface area contributed by atoms with Crippen LogP contribution in [0.3, 0.4) is 0 Å². The molecule has 0 aliphatic carbocycles. The van der Waals surface area contributed by atoms with Gasteiger partial charge in [-0.25, -0.2) is 13.2 Å². The molecule has 144 valence electrons. The van der Waals surface area contributed by atoms with E-state index in [0.29, 0.717) is 5.02 Å². The zero-order valence-electron chi connectivity index (χ0n) is 13.9. The Hall–Kier alpha value is -2.46. The van der Waals surface area contributed by atoms with Crippen molar-refractivity contribution in [2.45, 2.75) is 10.3 Å². The van der Waals surface area contributed by atoms with Gasteiger partial charge in [0.05, 0.1) is 23.0 Å². The van der Waals surface area contributed by atoms with Crippen LogP contribution in [-0.2, 0) is 14.6 Å². The van der Waals surface area contributed by atoms with Gasteiger partial charge in [-0.1, -0.05) is 11.6 Å². The van der Waals surface area contributed by atoms with E-state index in [2.05, 4.69) is 5.32 Å². The maximum atomic E-state index is 12.6. The first-order valence-corrected chi connectivity index (χ1v) is 9.59. The highest BCUT2D eigenvalue weighted by Gasteiger charge is 2.35. The summed E-state index contributed by atoms with van der Waals surface area (Å²) in [5.41, 5.74) is 6.03. The molecule has 0 saturated carbocycles. The molecule has 0 aliphatic heterocycles. The van der Waals surface area contributed by atoms with Crippen LogP contribution in [0.5, 0.6) is 0 Å². The number of carboxylic acids is 1. The van der Waals surface area contributed by atoms with Crippen LogP contribution >= 0.6 is 11.6 Å². The van der Waals surface area contributed by atoms with E-state index in [1.165, 1.54) is 48.5 Å². The summed E-state index contributed by atoms with van der Waals surface area (Å²) in [5, 5.41) is 19.4. The number of rotatable bonds is 7. The average Bonchev–Trinajstić information content (AvgIpc) is 2.63. The summed E-state index contributed by atoms with van der Waals surface area (Å²) in [6.45, 7) is -0.799. The van der Waals surface area contributed by atoms with Crippen molar-refractivity contribution < 1.29 is 28.2 Å². The minimum atomic E-state index is -4.10. The number of carbonyl (C=O) groups is 2. The molecule has 2 unspecified atom stereocenters. The van der Waals surface area contributed by atoms with E-state index in [1.807, 2.05) is 0 Å². The summed E-state index contributed by atoms with van der Waals surface area (Å²) in [5.74, 6) is -3.38. The van der Waals surface area contributed by atoms with Gasteiger partial charge < -0.3 is 21.3 Å². The highest BCUT2D eigenvalue weighted by molar-refractivity contribution is 7.92. The number of aromatic carboxylic acids is 1. The summed E-state index contributed by atoms with van der Waals surface area (Å²) >= 11 is 5.74. The Labute approximate surface area is 160 Å². The monoisotopic (exact) mass is 412 g/mol. The predicted octanol–water partition coefficient (Wildman–Crippen LogP) is 1.34. The zero-order chi connectivity index (χ0) is 20.2. The number of hydrogen-bond donors (Lipinski definition) is 4. The SMILES string of the molecule is NC(C(CO)C(=O)Nc1ccc(C(=O)O)cc1)S(=O)(=O)c1ccc(Cl)cc1. The Kier molecular flexibility index (Phi) is 6.55. The van der Waals surface area contributed by atoms with Crippen molar-refractivity contribution in [3.63, 3.8) is 0 Å². The van der Waals surface area contributed by atoms with Crippen molar-refractivity contribution in [3.8, 4) is 0 Å². The molecule has 0 aromatic heterocycles. The number of benzene rings is 2. The normalized spacial score (nSPS) is 13.6. The molecule has 0 aliphatic rings. The van der Waals surface area contributed by atoms with Crippen LogP contribution in [0.25, 0.3) is 0 Å². The minimum Gasteiger partial charge on any atom is -0.478 e. The fourth-order valence-electron chi connectivity index (χ4n) is 2.26. The Balaban J connectivity index is 2.19. The number of anilines is 1. The second kappa shape index (κ2) is 8.49. The molecule has 0 heterocycles. The van der Waals surface area contributed by atoms with Gasteiger partial charge in [0.1, 0.15) is 5.37 Å². The maximum absolute atomic E-state index is 12.6. The van der Waals surface area contributed by atoms with Gasteiger partial charge in [0.25, 0.3) is 0 Å². The fourth-order valence-corrected chi connectivity index (χ4v) is 3.86. The lowest BCUT2D eigenvalue weighted by Gasteiger charge is -2.21. The third-order valence-electron chi connectivity index (χ3n) is 3.83. The van der Waals surface area contributed by atoms with Gasteiger partial charge in [-0.05, 0) is 48.5 Å². The third-order valence-corrected chi connectivity index (χ3v) is 6.06. The average molecular weight is 413 g/mol. The van der Waals surface area contributed by atoms with Crippen LogP contribution in [-0.4, -0.2) is 42.5 Å². The summed E-state index contributed by atoms with van der Waals surface area (Å²) in [6.07, 6.45) is 0. The van der Waals surface area contributed by atoms with Crippen molar-refractivity contribution in [1.82, 2.24) is 0 Å². The summed E-state index contributed by atoms with van der Waals surface area (Å²) in [7, 11) is -4.10. The number of sulfone groups is 1. The molecule has 0 spiro atoms. The molecule has 1 amide bonds. The van der Waals surface area contributed by atoms with Crippen LogP contribution in [0.15, 0.2) is 53.4 Å². The van der Waals surface area contributed by atoms with E-state index in [4.69, 9.17) is 22.4 Å². The first kappa shape index (κ1) is 20.8. The highest BCUT2D eigenvalue weighted by atomic mass is 35.5. The molecular weight excluding hydrogens is 396 g/mol. The van der Waals surface area contributed by atoms with Crippen LogP contribution in [0, 0.1) is 5.92 Å². The summed E-state index contributed by atoms with van der Waals surface area (Å²) in [6, 6.07) is 10.5.